The first kappa shape index (κ1) is 32.2. The molecule has 204 valence electrons. The number of aliphatic hydroxyl groups is 2. The number of unbranched alkanes of at least 4 members (excludes halogenated alkanes) is 3. The Morgan fingerprint density at radius 1 is 0.861 bits per heavy atom. The van der Waals surface area contributed by atoms with Crippen molar-refractivity contribution < 1.29 is 20.1 Å². The van der Waals surface area contributed by atoms with Crippen molar-refractivity contribution >= 4 is 5.97 Å². The van der Waals surface area contributed by atoms with E-state index in [0.717, 1.165) is 42.9 Å². The SMILES string of the molecule is CC(O)C#C/C=C\CC[C@@H]1C[C@H]1CCCCC(=O)O.CCCCC[C@@H]1C[C@H]1CC/C=C\C=C\[C@@H](C)O. The van der Waals surface area contributed by atoms with E-state index in [0.29, 0.717) is 6.42 Å². The van der Waals surface area contributed by atoms with Crippen LogP contribution in [0.25, 0.3) is 0 Å². The number of rotatable bonds is 17. The van der Waals surface area contributed by atoms with E-state index in [1.807, 2.05) is 12.2 Å². The fourth-order valence-electron chi connectivity index (χ4n) is 4.71. The largest absolute Gasteiger partial charge is 0.481 e. The van der Waals surface area contributed by atoms with Crippen LogP contribution in [-0.4, -0.2) is 33.5 Å². The first-order valence-electron chi connectivity index (χ1n) is 14.4. The smallest absolute Gasteiger partial charge is 0.303 e. The molecular formula is C32H52O4. The summed E-state index contributed by atoms with van der Waals surface area (Å²) in [5, 5.41) is 26.5. The molecule has 6 atom stereocenters. The molecule has 0 spiro atoms. The van der Waals surface area contributed by atoms with Crippen LogP contribution in [0.3, 0.4) is 0 Å². The summed E-state index contributed by atoms with van der Waals surface area (Å²) < 4.78 is 0. The van der Waals surface area contributed by atoms with Gasteiger partial charge >= 0.3 is 5.97 Å². The third-order valence-electron chi connectivity index (χ3n) is 7.07. The molecule has 2 aliphatic carbocycles. The van der Waals surface area contributed by atoms with Gasteiger partial charge in [0.1, 0.15) is 6.10 Å². The van der Waals surface area contributed by atoms with E-state index < -0.39 is 12.1 Å². The molecule has 0 aliphatic heterocycles. The monoisotopic (exact) mass is 500 g/mol. The summed E-state index contributed by atoms with van der Waals surface area (Å²) in [5.74, 6) is 8.51. The van der Waals surface area contributed by atoms with Gasteiger partial charge in [-0.1, -0.05) is 87.7 Å². The second kappa shape index (κ2) is 20.3. The van der Waals surface area contributed by atoms with Gasteiger partial charge in [0.25, 0.3) is 0 Å². The molecule has 0 bridgehead atoms. The Kier molecular flexibility index (Phi) is 18.1. The quantitative estimate of drug-likeness (QED) is 0.110. The van der Waals surface area contributed by atoms with E-state index >= 15 is 0 Å². The van der Waals surface area contributed by atoms with Gasteiger partial charge in [-0.25, -0.2) is 0 Å². The van der Waals surface area contributed by atoms with E-state index in [4.69, 9.17) is 15.3 Å². The number of carbonyl (C=O) groups is 1. The summed E-state index contributed by atoms with van der Waals surface area (Å²) >= 11 is 0. The zero-order valence-electron chi connectivity index (χ0n) is 23.1. The Bertz CT molecular complexity index is 722. The maximum Gasteiger partial charge on any atom is 0.303 e. The Labute approximate surface area is 221 Å². The first-order valence-corrected chi connectivity index (χ1v) is 14.4. The number of carboxylic acid groups (broad SMARTS) is 1. The molecule has 0 radical (unpaired) electrons. The lowest BCUT2D eigenvalue weighted by molar-refractivity contribution is -0.137. The molecule has 0 aromatic rings. The van der Waals surface area contributed by atoms with Crippen LogP contribution in [0.15, 0.2) is 36.5 Å². The van der Waals surface area contributed by atoms with Gasteiger partial charge in [-0.05, 0) is 88.5 Å². The van der Waals surface area contributed by atoms with Crippen LogP contribution in [0.5, 0.6) is 0 Å². The Balaban J connectivity index is 0.000000362. The molecule has 0 saturated heterocycles. The number of allylic oxidation sites excluding steroid dienone is 5. The zero-order chi connectivity index (χ0) is 26.6. The van der Waals surface area contributed by atoms with Gasteiger partial charge in [0.15, 0.2) is 0 Å². The average molecular weight is 501 g/mol. The van der Waals surface area contributed by atoms with Crippen molar-refractivity contribution in [1.29, 1.82) is 0 Å². The molecule has 2 saturated carbocycles. The maximum absolute atomic E-state index is 10.4. The fraction of sp³-hybridized carbons (Fsp3) is 0.719. The standard InChI is InChI=1S/C16H24O3.C16H28O/c1-13(17)8-4-2-3-5-9-14-12-15(14)10-6-7-11-16(18)19;1-3-4-7-11-15-13-16(15)12-9-6-5-8-10-14(2)17/h2-3,13-15,17H,5-7,9-12H2,1H3,(H,18,19);5-6,8,10,14-17H,3-4,7,9,11-13H2,1-2H3/b3-2-;6-5-,10-8+/t13?,14-,15-;14-,15-,16-/m11/s1. The number of aliphatic hydroxyl groups excluding tert-OH is 2. The van der Waals surface area contributed by atoms with Gasteiger partial charge in [0, 0.05) is 6.42 Å². The summed E-state index contributed by atoms with van der Waals surface area (Å²) in [6, 6.07) is 0. The van der Waals surface area contributed by atoms with Crippen molar-refractivity contribution in [1.82, 2.24) is 0 Å². The molecule has 0 aromatic carbocycles. The van der Waals surface area contributed by atoms with Crippen LogP contribution in [0, 0.1) is 35.5 Å². The predicted octanol–water partition coefficient (Wildman–Crippen LogP) is 7.46. The van der Waals surface area contributed by atoms with Gasteiger partial charge in [-0.3, -0.25) is 4.79 Å². The van der Waals surface area contributed by atoms with Gasteiger partial charge in [0.05, 0.1) is 6.10 Å². The highest BCUT2D eigenvalue weighted by Crippen LogP contribution is 2.46. The van der Waals surface area contributed by atoms with Gasteiger partial charge in [-0.2, -0.15) is 0 Å². The molecule has 1 unspecified atom stereocenters. The van der Waals surface area contributed by atoms with Gasteiger partial charge in [-0.15, -0.1) is 0 Å². The minimum atomic E-state index is -0.684. The lowest BCUT2D eigenvalue weighted by atomic mass is 10.1. The second-order valence-electron chi connectivity index (χ2n) is 10.7. The Morgan fingerprint density at radius 2 is 1.44 bits per heavy atom. The lowest BCUT2D eigenvalue weighted by Gasteiger charge is -1.98. The molecule has 3 N–H and O–H groups in total. The van der Waals surface area contributed by atoms with Crippen LogP contribution in [-0.2, 0) is 4.79 Å². The normalized spacial score (nSPS) is 24.2. The Hall–Kier alpha value is -1.83. The maximum atomic E-state index is 10.4. The third kappa shape index (κ3) is 19.4. The van der Waals surface area contributed by atoms with Crippen LogP contribution in [0.1, 0.15) is 111 Å². The van der Waals surface area contributed by atoms with Crippen LogP contribution < -0.4 is 0 Å². The molecule has 2 fully saturated rings. The number of aliphatic carboxylic acids is 1. The van der Waals surface area contributed by atoms with E-state index in [1.54, 1.807) is 19.9 Å². The van der Waals surface area contributed by atoms with Crippen molar-refractivity contribution in [3.8, 4) is 11.8 Å². The molecule has 0 aromatic heterocycles. The summed E-state index contributed by atoms with van der Waals surface area (Å²) in [6.45, 7) is 5.70. The van der Waals surface area contributed by atoms with Crippen LogP contribution in [0.4, 0.5) is 0 Å². The Morgan fingerprint density at radius 3 is 2.00 bits per heavy atom. The van der Waals surface area contributed by atoms with E-state index in [2.05, 4.69) is 37.0 Å². The summed E-state index contributed by atoms with van der Waals surface area (Å²) in [4.78, 5) is 10.4. The highest BCUT2D eigenvalue weighted by molar-refractivity contribution is 5.66. The van der Waals surface area contributed by atoms with Crippen LogP contribution >= 0.6 is 0 Å². The van der Waals surface area contributed by atoms with Gasteiger partial charge < -0.3 is 15.3 Å². The lowest BCUT2D eigenvalue weighted by Crippen LogP contribution is -1.94. The van der Waals surface area contributed by atoms with Crippen LogP contribution in [0.2, 0.25) is 0 Å². The predicted molar refractivity (Wildman–Crippen MR) is 150 cm³/mol. The van der Waals surface area contributed by atoms with Crippen molar-refractivity contribution in [3.05, 3.63) is 36.5 Å². The first-order chi connectivity index (χ1) is 17.3. The summed E-state index contributed by atoms with van der Waals surface area (Å²) in [7, 11) is 0. The van der Waals surface area contributed by atoms with E-state index in [-0.39, 0.29) is 6.10 Å². The van der Waals surface area contributed by atoms with Crippen molar-refractivity contribution in [2.45, 2.75) is 123 Å². The van der Waals surface area contributed by atoms with Gasteiger partial charge in [0.2, 0.25) is 0 Å². The van der Waals surface area contributed by atoms with Crippen molar-refractivity contribution in [2.75, 3.05) is 0 Å². The molecule has 0 heterocycles. The minimum absolute atomic E-state index is 0.308. The molecule has 4 heteroatoms. The molecule has 2 rings (SSSR count). The topological polar surface area (TPSA) is 77.8 Å². The van der Waals surface area contributed by atoms with E-state index in [9.17, 15) is 4.79 Å². The average Bonchev–Trinajstić information content (AvgIpc) is 3.74. The summed E-state index contributed by atoms with van der Waals surface area (Å²) in [6.07, 6.45) is 27.6. The van der Waals surface area contributed by atoms with E-state index in [1.165, 1.54) is 64.2 Å². The summed E-state index contributed by atoms with van der Waals surface area (Å²) in [5.41, 5.74) is 0. The third-order valence-corrected chi connectivity index (χ3v) is 7.07. The number of hydrogen-bond donors (Lipinski definition) is 3. The molecule has 36 heavy (non-hydrogen) atoms. The molecule has 2 aliphatic rings. The highest BCUT2D eigenvalue weighted by Gasteiger charge is 2.35. The fourth-order valence-corrected chi connectivity index (χ4v) is 4.71. The molecular weight excluding hydrogens is 448 g/mol. The minimum Gasteiger partial charge on any atom is -0.481 e. The van der Waals surface area contributed by atoms with Crippen molar-refractivity contribution in [3.63, 3.8) is 0 Å². The molecule has 0 amide bonds. The second-order valence-corrected chi connectivity index (χ2v) is 10.7. The molecule has 4 nitrogen and oxygen atoms in total. The zero-order valence-corrected chi connectivity index (χ0v) is 23.1. The number of hydrogen-bond acceptors (Lipinski definition) is 3. The van der Waals surface area contributed by atoms with Crippen molar-refractivity contribution in [2.24, 2.45) is 23.7 Å². The highest BCUT2D eigenvalue weighted by atomic mass is 16.4. The number of carboxylic acids is 1.